The molecule has 1 aromatic heterocycles. The highest BCUT2D eigenvalue weighted by Gasteiger charge is 2.30. The molecule has 0 unspecified atom stereocenters. The first-order valence-electron chi connectivity index (χ1n) is 6.60. The number of carbonyl (C=O) groups is 1. The molecule has 5 heteroatoms. The van der Waals surface area contributed by atoms with Crippen LogP contribution in [0.3, 0.4) is 0 Å². The molecule has 0 spiro atoms. The van der Waals surface area contributed by atoms with Crippen LogP contribution in [-0.2, 0) is 6.42 Å². The molecule has 0 aliphatic carbocycles. The molecular weight excluding hydrogens is 246 g/mol. The number of aromatic nitrogens is 1. The van der Waals surface area contributed by atoms with E-state index in [1.165, 1.54) is 17.8 Å². The molecule has 2 N–H and O–H groups in total. The number of thiazole rings is 1. The minimum absolute atomic E-state index is 0.0780. The number of likely N-dealkylation sites (tertiary alicyclic amines) is 1. The smallest absolute Gasteiger partial charge is 0.273 e. The van der Waals surface area contributed by atoms with Crippen molar-refractivity contribution in [3.63, 3.8) is 0 Å². The summed E-state index contributed by atoms with van der Waals surface area (Å²) in [6.45, 7) is 4.83. The van der Waals surface area contributed by atoms with Gasteiger partial charge >= 0.3 is 0 Å². The molecule has 1 fully saturated rings. The van der Waals surface area contributed by atoms with Gasteiger partial charge in [-0.3, -0.25) is 4.79 Å². The number of hydrogen-bond donors (Lipinski definition) is 1. The molecule has 1 aliphatic heterocycles. The second-order valence-corrected chi connectivity index (χ2v) is 5.95. The van der Waals surface area contributed by atoms with E-state index in [0.717, 1.165) is 24.3 Å². The van der Waals surface area contributed by atoms with Gasteiger partial charge in [0.05, 0.1) is 5.01 Å². The van der Waals surface area contributed by atoms with Gasteiger partial charge in [0, 0.05) is 23.9 Å². The zero-order chi connectivity index (χ0) is 13.1. The summed E-state index contributed by atoms with van der Waals surface area (Å²) in [5.74, 6) is 0.0780. The number of hydrogen-bond acceptors (Lipinski definition) is 4. The van der Waals surface area contributed by atoms with Crippen molar-refractivity contribution >= 4 is 17.2 Å². The van der Waals surface area contributed by atoms with E-state index in [4.69, 9.17) is 5.73 Å². The molecule has 100 valence electrons. The fraction of sp³-hybridized carbons (Fsp3) is 0.692. The lowest BCUT2D eigenvalue weighted by Crippen LogP contribution is -2.47. The second kappa shape index (κ2) is 5.80. The molecule has 1 aliphatic rings. The van der Waals surface area contributed by atoms with Crippen molar-refractivity contribution in [1.82, 2.24) is 9.88 Å². The van der Waals surface area contributed by atoms with Crippen molar-refractivity contribution < 1.29 is 4.79 Å². The molecule has 0 radical (unpaired) electrons. The fourth-order valence-electron chi connectivity index (χ4n) is 2.60. The van der Waals surface area contributed by atoms with Crippen LogP contribution in [0, 0.1) is 0 Å². The summed E-state index contributed by atoms with van der Waals surface area (Å²) >= 11 is 1.53. The predicted molar refractivity (Wildman–Crippen MR) is 73.8 cm³/mol. The average molecular weight is 267 g/mol. The van der Waals surface area contributed by atoms with Crippen molar-refractivity contribution in [2.45, 2.75) is 51.6 Å². The Hall–Kier alpha value is -0.940. The van der Waals surface area contributed by atoms with Crippen LogP contribution in [0.2, 0.25) is 0 Å². The monoisotopic (exact) mass is 267 g/mol. The molecule has 0 aromatic carbocycles. The van der Waals surface area contributed by atoms with Crippen molar-refractivity contribution in [1.29, 1.82) is 0 Å². The third kappa shape index (κ3) is 2.72. The Morgan fingerprint density at radius 1 is 1.50 bits per heavy atom. The zero-order valence-electron chi connectivity index (χ0n) is 11.1. The maximum Gasteiger partial charge on any atom is 0.273 e. The summed E-state index contributed by atoms with van der Waals surface area (Å²) in [5.41, 5.74) is 6.09. The molecule has 0 bridgehead atoms. The van der Waals surface area contributed by atoms with Crippen molar-refractivity contribution in [3.05, 3.63) is 16.1 Å². The third-order valence-electron chi connectivity index (χ3n) is 3.56. The highest BCUT2D eigenvalue weighted by atomic mass is 32.1. The predicted octanol–water partition coefficient (Wildman–Crippen LogP) is 2.05. The molecule has 2 rings (SSSR count). The Balaban J connectivity index is 2.13. The maximum absolute atomic E-state index is 12.5. The van der Waals surface area contributed by atoms with Gasteiger partial charge in [-0.15, -0.1) is 11.3 Å². The number of piperidine rings is 1. The van der Waals surface area contributed by atoms with E-state index in [9.17, 15) is 4.79 Å². The number of rotatable bonds is 3. The summed E-state index contributed by atoms with van der Waals surface area (Å²) in [5, 5.41) is 2.82. The summed E-state index contributed by atoms with van der Waals surface area (Å²) in [7, 11) is 0. The SMILES string of the molecule is C[C@@H]1CCC[C@H](C)N1C(=O)c1csc(CCN)n1. The Morgan fingerprint density at radius 3 is 2.78 bits per heavy atom. The van der Waals surface area contributed by atoms with Crippen LogP contribution in [0.1, 0.15) is 48.6 Å². The molecule has 1 saturated heterocycles. The number of nitrogens with two attached hydrogens (primary N) is 1. The fourth-order valence-corrected chi connectivity index (χ4v) is 3.39. The lowest BCUT2D eigenvalue weighted by Gasteiger charge is -2.38. The number of nitrogens with zero attached hydrogens (tertiary/aromatic N) is 2. The van der Waals surface area contributed by atoms with E-state index < -0.39 is 0 Å². The van der Waals surface area contributed by atoms with Crippen LogP contribution < -0.4 is 5.73 Å². The zero-order valence-corrected chi connectivity index (χ0v) is 11.9. The van der Waals surface area contributed by atoms with Gasteiger partial charge in [-0.25, -0.2) is 4.98 Å². The van der Waals surface area contributed by atoms with Gasteiger partial charge in [-0.05, 0) is 39.7 Å². The van der Waals surface area contributed by atoms with Crippen LogP contribution in [-0.4, -0.2) is 34.4 Å². The van der Waals surface area contributed by atoms with Gasteiger partial charge in [0.25, 0.3) is 5.91 Å². The molecule has 4 nitrogen and oxygen atoms in total. The maximum atomic E-state index is 12.5. The third-order valence-corrected chi connectivity index (χ3v) is 4.47. The van der Waals surface area contributed by atoms with E-state index in [2.05, 4.69) is 18.8 Å². The molecule has 0 saturated carbocycles. The Morgan fingerprint density at radius 2 is 2.17 bits per heavy atom. The Bertz CT molecular complexity index is 408. The van der Waals surface area contributed by atoms with Crippen molar-refractivity contribution in [2.75, 3.05) is 6.54 Å². The summed E-state index contributed by atoms with van der Waals surface area (Å²) in [6, 6.07) is 0.641. The first-order valence-corrected chi connectivity index (χ1v) is 7.48. The topological polar surface area (TPSA) is 59.2 Å². The van der Waals surface area contributed by atoms with Gasteiger partial charge in [-0.1, -0.05) is 0 Å². The molecule has 1 aromatic rings. The van der Waals surface area contributed by atoms with Crippen LogP contribution in [0.4, 0.5) is 0 Å². The standard InChI is InChI=1S/C13H21N3OS/c1-9-4-3-5-10(2)16(9)13(17)11-8-18-12(15-11)6-7-14/h8-10H,3-7,14H2,1-2H3/t9-,10+. The van der Waals surface area contributed by atoms with Crippen LogP contribution in [0.25, 0.3) is 0 Å². The summed E-state index contributed by atoms with van der Waals surface area (Å²) in [4.78, 5) is 18.9. The number of amides is 1. The summed E-state index contributed by atoms with van der Waals surface area (Å²) < 4.78 is 0. The largest absolute Gasteiger partial charge is 0.332 e. The van der Waals surface area contributed by atoms with E-state index >= 15 is 0 Å². The Labute approximate surface area is 112 Å². The highest BCUT2D eigenvalue weighted by Crippen LogP contribution is 2.25. The van der Waals surface area contributed by atoms with Gasteiger partial charge < -0.3 is 10.6 Å². The molecule has 2 heterocycles. The van der Waals surface area contributed by atoms with Crippen LogP contribution >= 0.6 is 11.3 Å². The second-order valence-electron chi connectivity index (χ2n) is 5.01. The van der Waals surface area contributed by atoms with Crippen molar-refractivity contribution in [3.8, 4) is 0 Å². The van der Waals surface area contributed by atoms with Crippen LogP contribution in [0.5, 0.6) is 0 Å². The minimum Gasteiger partial charge on any atom is -0.332 e. The van der Waals surface area contributed by atoms with E-state index in [1.54, 1.807) is 0 Å². The number of carbonyl (C=O) groups excluding carboxylic acids is 1. The van der Waals surface area contributed by atoms with Gasteiger partial charge in [-0.2, -0.15) is 0 Å². The van der Waals surface area contributed by atoms with Gasteiger partial charge in [0.1, 0.15) is 5.69 Å². The highest BCUT2D eigenvalue weighted by molar-refractivity contribution is 7.09. The minimum atomic E-state index is 0.0780. The Kier molecular flexibility index (Phi) is 4.35. The van der Waals surface area contributed by atoms with E-state index in [-0.39, 0.29) is 5.91 Å². The average Bonchev–Trinajstić information content (AvgIpc) is 2.78. The van der Waals surface area contributed by atoms with Crippen LogP contribution in [0.15, 0.2) is 5.38 Å². The first-order chi connectivity index (χ1) is 8.63. The van der Waals surface area contributed by atoms with Gasteiger partial charge in [0.2, 0.25) is 0 Å². The molecule has 18 heavy (non-hydrogen) atoms. The lowest BCUT2D eigenvalue weighted by molar-refractivity contribution is 0.0505. The molecular formula is C13H21N3OS. The van der Waals surface area contributed by atoms with Crippen molar-refractivity contribution in [2.24, 2.45) is 5.73 Å². The van der Waals surface area contributed by atoms with Gasteiger partial charge in [0.15, 0.2) is 0 Å². The quantitative estimate of drug-likeness (QED) is 0.911. The molecule has 1 amide bonds. The van der Waals surface area contributed by atoms with E-state index in [0.29, 0.717) is 24.3 Å². The lowest BCUT2D eigenvalue weighted by atomic mass is 9.97. The normalized spacial score (nSPS) is 24.3. The van der Waals surface area contributed by atoms with E-state index in [1.807, 2.05) is 10.3 Å². The molecule has 2 atom stereocenters. The summed E-state index contributed by atoms with van der Waals surface area (Å²) in [6.07, 6.45) is 4.15. The first kappa shape index (κ1) is 13.5.